The molecule has 0 radical (unpaired) electrons. The third-order valence-corrected chi connectivity index (χ3v) is 4.90. The molecule has 0 amide bonds. The van der Waals surface area contributed by atoms with Gasteiger partial charge in [-0.15, -0.1) is 6.58 Å². The molecule has 4 rings (SSSR count). The number of fused-ring (bicyclic) bond motifs is 1. The van der Waals surface area contributed by atoms with Crippen molar-refractivity contribution in [3.63, 3.8) is 0 Å². The van der Waals surface area contributed by atoms with Crippen LogP contribution in [0.2, 0.25) is 10.0 Å². The molecular weight excluding hydrogens is 381 g/mol. The highest BCUT2D eigenvalue weighted by molar-refractivity contribution is 6.33. The van der Waals surface area contributed by atoms with Gasteiger partial charge in [-0.05, 0) is 30.2 Å². The van der Waals surface area contributed by atoms with Gasteiger partial charge in [0.15, 0.2) is 5.65 Å². The van der Waals surface area contributed by atoms with Gasteiger partial charge in [-0.1, -0.05) is 59.6 Å². The summed E-state index contributed by atoms with van der Waals surface area (Å²) in [6, 6.07) is 14.9. The van der Waals surface area contributed by atoms with Crippen molar-refractivity contribution in [2.24, 2.45) is 0 Å². The Labute approximate surface area is 166 Å². The van der Waals surface area contributed by atoms with Crippen LogP contribution < -0.4 is 0 Å². The quantitative estimate of drug-likeness (QED) is 0.443. The molecule has 134 valence electrons. The van der Waals surface area contributed by atoms with Crippen LogP contribution in [0, 0.1) is 0 Å². The third-order valence-electron chi connectivity index (χ3n) is 4.32. The number of halogens is 2. The van der Waals surface area contributed by atoms with E-state index in [4.69, 9.17) is 23.2 Å². The van der Waals surface area contributed by atoms with Crippen molar-refractivity contribution >= 4 is 28.8 Å². The van der Waals surface area contributed by atoms with Crippen LogP contribution in [0.15, 0.2) is 67.4 Å². The van der Waals surface area contributed by atoms with Gasteiger partial charge in [0.25, 0.3) is 0 Å². The second-order valence-electron chi connectivity index (χ2n) is 6.05. The van der Waals surface area contributed by atoms with E-state index in [-0.39, 0.29) is 5.88 Å². The number of hydrogen-bond acceptors (Lipinski definition) is 3. The molecular formula is C21H15Cl2N3O. The van der Waals surface area contributed by atoms with Gasteiger partial charge in [-0.2, -0.15) is 9.61 Å². The minimum absolute atomic E-state index is 0.0356. The van der Waals surface area contributed by atoms with Crippen molar-refractivity contribution < 1.29 is 5.11 Å². The van der Waals surface area contributed by atoms with Gasteiger partial charge >= 0.3 is 0 Å². The van der Waals surface area contributed by atoms with Gasteiger partial charge in [-0.25, -0.2) is 4.98 Å². The van der Waals surface area contributed by atoms with Gasteiger partial charge in [0.05, 0.1) is 10.6 Å². The van der Waals surface area contributed by atoms with Crippen LogP contribution in [-0.4, -0.2) is 19.7 Å². The second-order valence-corrected chi connectivity index (χ2v) is 6.89. The molecule has 0 bridgehead atoms. The normalized spacial score (nSPS) is 11.0. The molecule has 2 heterocycles. The summed E-state index contributed by atoms with van der Waals surface area (Å²) < 4.78 is 1.45. The molecule has 27 heavy (non-hydrogen) atoms. The predicted molar refractivity (Wildman–Crippen MR) is 109 cm³/mol. The molecule has 4 nitrogen and oxygen atoms in total. The Morgan fingerprint density at radius 1 is 1.07 bits per heavy atom. The maximum atomic E-state index is 10.7. The summed E-state index contributed by atoms with van der Waals surface area (Å²) in [6.45, 7) is 3.72. The molecule has 0 atom stereocenters. The molecule has 0 saturated heterocycles. The minimum Gasteiger partial charge on any atom is -0.493 e. The van der Waals surface area contributed by atoms with E-state index in [9.17, 15) is 5.11 Å². The van der Waals surface area contributed by atoms with E-state index in [1.807, 2.05) is 48.5 Å². The largest absolute Gasteiger partial charge is 0.493 e. The number of aromatic hydroxyl groups is 1. The number of nitrogens with zero attached hydrogens (tertiary/aromatic N) is 3. The van der Waals surface area contributed by atoms with Crippen molar-refractivity contribution in [3.05, 3.63) is 83.0 Å². The Hall–Kier alpha value is -2.82. The Bertz CT molecular complexity index is 1150. The molecule has 6 heteroatoms. The van der Waals surface area contributed by atoms with Crippen LogP contribution in [0.3, 0.4) is 0 Å². The molecule has 0 fully saturated rings. The Morgan fingerprint density at radius 3 is 2.52 bits per heavy atom. The monoisotopic (exact) mass is 395 g/mol. The molecule has 0 spiro atoms. The first-order valence-electron chi connectivity index (χ1n) is 8.31. The highest BCUT2D eigenvalue weighted by Crippen LogP contribution is 2.39. The average Bonchev–Trinajstić information content (AvgIpc) is 3.05. The summed E-state index contributed by atoms with van der Waals surface area (Å²) in [5.74, 6) is 0.0356. The van der Waals surface area contributed by atoms with Gasteiger partial charge in [0.2, 0.25) is 5.88 Å². The zero-order valence-corrected chi connectivity index (χ0v) is 15.7. The zero-order chi connectivity index (χ0) is 19.0. The summed E-state index contributed by atoms with van der Waals surface area (Å²) in [6.07, 6.45) is 3.84. The highest BCUT2D eigenvalue weighted by Gasteiger charge is 2.21. The SMILES string of the molecule is C=CCc1cnc2c(-c3ccc(Cl)cc3)c(-c3ccccc3Cl)nn2c1O. The first kappa shape index (κ1) is 17.6. The number of rotatable bonds is 4. The number of benzene rings is 2. The molecule has 2 aromatic carbocycles. The summed E-state index contributed by atoms with van der Waals surface area (Å²) in [4.78, 5) is 4.55. The Balaban J connectivity index is 2.07. The molecule has 4 aromatic rings. The van der Waals surface area contributed by atoms with Gasteiger partial charge in [-0.3, -0.25) is 0 Å². The lowest BCUT2D eigenvalue weighted by atomic mass is 10.0. The number of aromatic nitrogens is 3. The van der Waals surface area contributed by atoms with E-state index in [1.165, 1.54) is 4.52 Å². The molecule has 0 saturated carbocycles. The Morgan fingerprint density at radius 2 is 1.81 bits per heavy atom. The van der Waals surface area contributed by atoms with Crippen LogP contribution >= 0.6 is 23.2 Å². The summed E-state index contributed by atoms with van der Waals surface area (Å²) in [5, 5.41) is 16.5. The fourth-order valence-corrected chi connectivity index (χ4v) is 3.38. The molecule has 0 unspecified atom stereocenters. The molecule has 1 N–H and O–H groups in total. The number of allylic oxidation sites excluding steroid dienone is 1. The Kier molecular flexibility index (Phi) is 4.60. The van der Waals surface area contributed by atoms with E-state index >= 15 is 0 Å². The van der Waals surface area contributed by atoms with E-state index in [1.54, 1.807) is 12.3 Å². The van der Waals surface area contributed by atoms with Crippen LogP contribution in [-0.2, 0) is 6.42 Å². The van der Waals surface area contributed by atoms with Gasteiger partial charge in [0, 0.05) is 22.3 Å². The van der Waals surface area contributed by atoms with E-state index in [0.717, 1.165) is 16.7 Å². The fraction of sp³-hybridized carbons (Fsp3) is 0.0476. The molecule has 0 aliphatic rings. The summed E-state index contributed by atoms with van der Waals surface area (Å²) >= 11 is 12.5. The number of hydrogen-bond donors (Lipinski definition) is 1. The lowest BCUT2D eigenvalue weighted by molar-refractivity contribution is 0.429. The van der Waals surface area contributed by atoms with Crippen molar-refractivity contribution in [1.82, 2.24) is 14.6 Å². The summed E-state index contributed by atoms with van der Waals surface area (Å²) in [5.41, 5.74) is 4.25. The standard InChI is InChI=1S/C21H15Cl2N3O/c1-2-5-14-12-24-20-18(13-8-10-15(22)11-9-13)19(25-26(20)21(14)27)16-6-3-4-7-17(16)23/h2-4,6-12,27H,1,5H2. The zero-order valence-electron chi connectivity index (χ0n) is 14.2. The topological polar surface area (TPSA) is 50.4 Å². The van der Waals surface area contributed by atoms with Crippen LogP contribution in [0.4, 0.5) is 0 Å². The summed E-state index contributed by atoms with van der Waals surface area (Å²) in [7, 11) is 0. The van der Waals surface area contributed by atoms with Crippen LogP contribution in [0.5, 0.6) is 5.88 Å². The van der Waals surface area contributed by atoms with E-state index in [2.05, 4.69) is 16.7 Å². The average molecular weight is 396 g/mol. The van der Waals surface area contributed by atoms with E-state index in [0.29, 0.717) is 33.4 Å². The minimum atomic E-state index is 0.0356. The molecule has 0 aliphatic carbocycles. The van der Waals surface area contributed by atoms with Crippen LogP contribution in [0.1, 0.15) is 5.56 Å². The van der Waals surface area contributed by atoms with Crippen molar-refractivity contribution in [1.29, 1.82) is 0 Å². The predicted octanol–water partition coefficient (Wildman–Crippen LogP) is 5.80. The van der Waals surface area contributed by atoms with Crippen LogP contribution in [0.25, 0.3) is 28.0 Å². The molecule has 2 aromatic heterocycles. The third kappa shape index (κ3) is 3.07. The van der Waals surface area contributed by atoms with Crippen molar-refractivity contribution in [3.8, 4) is 28.3 Å². The lowest BCUT2D eigenvalue weighted by Gasteiger charge is -2.06. The maximum Gasteiger partial charge on any atom is 0.219 e. The smallest absolute Gasteiger partial charge is 0.219 e. The van der Waals surface area contributed by atoms with E-state index < -0.39 is 0 Å². The highest BCUT2D eigenvalue weighted by atomic mass is 35.5. The van der Waals surface area contributed by atoms with Crippen molar-refractivity contribution in [2.45, 2.75) is 6.42 Å². The maximum absolute atomic E-state index is 10.7. The fourth-order valence-electron chi connectivity index (χ4n) is 3.03. The lowest BCUT2D eigenvalue weighted by Crippen LogP contribution is -1.96. The first-order chi connectivity index (χ1) is 13.1. The van der Waals surface area contributed by atoms with Crippen molar-refractivity contribution in [2.75, 3.05) is 0 Å². The first-order valence-corrected chi connectivity index (χ1v) is 9.07. The second kappa shape index (κ2) is 7.06. The van der Waals surface area contributed by atoms with Gasteiger partial charge < -0.3 is 5.11 Å². The van der Waals surface area contributed by atoms with Gasteiger partial charge in [0.1, 0.15) is 5.69 Å². The molecule has 0 aliphatic heterocycles.